The van der Waals surface area contributed by atoms with E-state index in [2.05, 4.69) is 20.3 Å². The first-order valence-electron chi connectivity index (χ1n) is 15.3. The highest BCUT2D eigenvalue weighted by molar-refractivity contribution is 7.89. The van der Waals surface area contributed by atoms with Crippen LogP contribution in [0.1, 0.15) is 69.2 Å². The zero-order valence-electron chi connectivity index (χ0n) is 25.0. The van der Waals surface area contributed by atoms with Crippen LogP contribution in [0.5, 0.6) is 0 Å². The molecule has 6 rings (SSSR count). The number of nitrogens with zero attached hydrogens (tertiary/aromatic N) is 6. The Morgan fingerprint density at radius 2 is 1.62 bits per heavy atom. The largest absolute Gasteiger partial charge is 0.308 e. The molecular formula is C30H36FN7O5S2. The summed E-state index contributed by atoms with van der Waals surface area (Å²) >= 11 is 0. The smallest absolute Gasteiger partial charge is 0.281 e. The van der Waals surface area contributed by atoms with Crippen LogP contribution < -0.4 is 5.56 Å². The van der Waals surface area contributed by atoms with E-state index in [9.17, 15) is 26.0 Å². The minimum absolute atomic E-state index is 0.00120. The standard InChI is InChI=1S/C30H36FN7O5S2/c1-2-38(24-8-4-3-5-9-24)45(42,43)26-16-14-25(15-17-26)44(40,41)36-18-6-7-22(20-36)28-32-29-27(30(39)33-28)34-35-37(29)19-21-10-12-23(31)13-11-21/h10-17,22,24H,2-9,18-20H2,1H3,(H,32,33,39)/t22-/m0/s1. The second kappa shape index (κ2) is 12.7. The van der Waals surface area contributed by atoms with Gasteiger partial charge in [0, 0.05) is 31.6 Å². The minimum atomic E-state index is -3.96. The number of aromatic nitrogens is 5. The normalized spacial score (nSPS) is 19.0. The van der Waals surface area contributed by atoms with Gasteiger partial charge in [-0.05, 0) is 67.6 Å². The quantitative estimate of drug-likeness (QED) is 0.287. The van der Waals surface area contributed by atoms with Gasteiger partial charge >= 0.3 is 0 Å². The van der Waals surface area contributed by atoms with Crippen molar-refractivity contribution in [1.29, 1.82) is 0 Å². The molecule has 4 aromatic rings. The molecule has 12 nitrogen and oxygen atoms in total. The third kappa shape index (κ3) is 6.30. The third-order valence-corrected chi connectivity index (χ3v) is 12.7. The fraction of sp³-hybridized carbons (Fsp3) is 0.467. The molecule has 1 atom stereocenters. The van der Waals surface area contributed by atoms with Gasteiger partial charge in [-0.1, -0.05) is 43.5 Å². The Hall–Kier alpha value is -3.53. The molecule has 0 amide bonds. The van der Waals surface area contributed by atoms with Crippen LogP contribution in [0.15, 0.2) is 63.1 Å². The second-order valence-electron chi connectivity index (χ2n) is 11.7. The minimum Gasteiger partial charge on any atom is -0.308 e. The second-order valence-corrected chi connectivity index (χ2v) is 15.5. The summed E-state index contributed by atoms with van der Waals surface area (Å²) in [5.74, 6) is -0.429. The van der Waals surface area contributed by atoms with Gasteiger partial charge in [0.15, 0.2) is 11.2 Å². The summed E-state index contributed by atoms with van der Waals surface area (Å²) in [6, 6.07) is 11.3. The molecule has 240 valence electrons. The number of sulfonamides is 2. The van der Waals surface area contributed by atoms with E-state index in [0.29, 0.717) is 25.2 Å². The van der Waals surface area contributed by atoms with Gasteiger partial charge in [-0.25, -0.2) is 30.9 Å². The topological polar surface area (TPSA) is 151 Å². The van der Waals surface area contributed by atoms with Gasteiger partial charge in [0.2, 0.25) is 20.0 Å². The Kier molecular flexibility index (Phi) is 8.87. The van der Waals surface area contributed by atoms with Crippen LogP contribution in [0.3, 0.4) is 0 Å². The lowest BCUT2D eigenvalue weighted by Crippen LogP contribution is -2.41. The zero-order chi connectivity index (χ0) is 31.8. The van der Waals surface area contributed by atoms with Crippen molar-refractivity contribution in [2.24, 2.45) is 0 Å². The molecule has 1 aliphatic heterocycles. The summed E-state index contributed by atoms with van der Waals surface area (Å²) < 4.78 is 72.1. The Morgan fingerprint density at radius 1 is 0.933 bits per heavy atom. The van der Waals surface area contributed by atoms with E-state index < -0.39 is 31.5 Å². The van der Waals surface area contributed by atoms with E-state index in [1.807, 2.05) is 6.92 Å². The van der Waals surface area contributed by atoms with Crippen LogP contribution in [-0.4, -0.2) is 76.1 Å². The van der Waals surface area contributed by atoms with Crippen molar-refractivity contribution in [2.45, 2.75) is 80.2 Å². The molecule has 45 heavy (non-hydrogen) atoms. The Balaban J connectivity index is 1.21. The Morgan fingerprint density at radius 3 is 2.31 bits per heavy atom. The monoisotopic (exact) mass is 657 g/mol. The predicted octanol–water partition coefficient (Wildman–Crippen LogP) is 3.61. The van der Waals surface area contributed by atoms with E-state index in [0.717, 1.165) is 37.7 Å². The Bertz CT molecular complexity index is 1940. The summed E-state index contributed by atoms with van der Waals surface area (Å²) in [5, 5.41) is 8.02. The number of piperidine rings is 1. The van der Waals surface area contributed by atoms with Crippen LogP contribution in [0.25, 0.3) is 11.2 Å². The SMILES string of the molecule is CCN(C1CCCCC1)S(=O)(=O)c1ccc(S(=O)(=O)N2CCC[C@H](c3nc4c(nnn4Cc4ccc(F)cc4)c(=O)[nH]3)C2)cc1. The first-order chi connectivity index (χ1) is 21.6. The van der Waals surface area contributed by atoms with Crippen molar-refractivity contribution in [3.8, 4) is 0 Å². The highest BCUT2D eigenvalue weighted by Crippen LogP contribution is 2.31. The first-order valence-corrected chi connectivity index (χ1v) is 18.2. The fourth-order valence-corrected chi connectivity index (χ4v) is 9.61. The van der Waals surface area contributed by atoms with Gasteiger partial charge < -0.3 is 4.98 Å². The molecule has 2 aliphatic rings. The van der Waals surface area contributed by atoms with Crippen LogP contribution >= 0.6 is 0 Å². The molecule has 3 heterocycles. The summed E-state index contributed by atoms with van der Waals surface area (Å²) in [6.07, 6.45) is 5.91. The summed E-state index contributed by atoms with van der Waals surface area (Å²) in [5.41, 5.74) is 0.578. The molecule has 0 spiro atoms. The van der Waals surface area contributed by atoms with Crippen LogP contribution in [0.4, 0.5) is 4.39 Å². The van der Waals surface area contributed by atoms with Gasteiger partial charge in [0.05, 0.1) is 16.3 Å². The molecule has 0 unspecified atom stereocenters. The molecule has 1 saturated heterocycles. The molecular weight excluding hydrogens is 622 g/mol. The van der Waals surface area contributed by atoms with Gasteiger partial charge in [0.1, 0.15) is 11.6 Å². The number of H-pyrrole nitrogens is 1. The summed E-state index contributed by atoms with van der Waals surface area (Å²) in [4.78, 5) is 20.4. The molecule has 1 saturated carbocycles. The van der Waals surface area contributed by atoms with Crippen molar-refractivity contribution >= 4 is 31.2 Å². The van der Waals surface area contributed by atoms with Crippen LogP contribution in [0, 0.1) is 5.82 Å². The number of benzene rings is 2. The maximum atomic E-state index is 13.7. The van der Waals surface area contributed by atoms with Crippen molar-refractivity contribution < 1.29 is 21.2 Å². The summed E-state index contributed by atoms with van der Waals surface area (Å²) in [7, 11) is -7.73. The molecule has 2 aromatic carbocycles. The molecule has 1 N–H and O–H groups in total. The van der Waals surface area contributed by atoms with Gasteiger partial charge in [-0.3, -0.25) is 4.79 Å². The van der Waals surface area contributed by atoms with E-state index in [4.69, 9.17) is 0 Å². The number of hydrogen-bond donors (Lipinski definition) is 1. The van der Waals surface area contributed by atoms with E-state index in [-0.39, 0.29) is 52.4 Å². The number of fused-ring (bicyclic) bond motifs is 1. The predicted molar refractivity (Wildman–Crippen MR) is 165 cm³/mol. The number of halogens is 1. The summed E-state index contributed by atoms with van der Waals surface area (Å²) in [6.45, 7) is 2.77. The van der Waals surface area contributed by atoms with Gasteiger partial charge in [0.25, 0.3) is 5.56 Å². The lowest BCUT2D eigenvalue weighted by atomic mass is 9.95. The first kappa shape index (κ1) is 31.5. The molecule has 2 fully saturated rings. The van der Waals surface area contributed by atoms with E-state index >= 15 is 0 Å². The highest BCUT2D eigenvalue weighted by atomic mass is 32.2. The molecule has 0 bridgehead atoms. The average molecular weight is 658 g/mol. The fourth-order valence-electron chi connectivity index (χ4n) is 6.39. The molecule has 15 heteroatoms. The zero-order valence-corrected chi connectivity index (χ0v) is 26.6. The maximum absolute atomic E-state index is 13.7. The molecule has 2 aromatic heterocycles. The van der Waals surface area contributed by atoms with Gasteiger partial charge in [-0.15, -0.1) is 5.10 Å². The van der Waals surface area contributed by atoms with Crippen molar-refractivity contribution in [3.63, 3.8) is 0 Å². The Labute approximate surface area is 261 Å². The van der Waals surface area contributed by atoms with Crippen LogP contribution in [-0.2, 0) is 26.6 Å². The highest BCUT2D eigenvalue weighted by Gasteiger charge is 2.34. The van der Waals surface area contributed by atoms with Crippen molar-refractivity contribution in [2.75, 3.05) is 19.6 Å². The van der Waals surface area contributed by atoms with Crippen molar-refractivity contribution in [3.05, 3.63) is 76.1 Å². The van der Waals surface area contributed by atoms with Crippen molar-refractivity contribution in [1.82, 2.24) is 33.6 Å². The number of rotatable bonds is 9. The molecule has 0 radical (unpaired) electrons. The van der Waals surface area contributed by atoms with E-state index in [1.165, 1.54) is 49.7 Å². The van der Waals surface area contributed by atoms with Crippen LogP contribution in [0.2, 0.25) is 0 Å². The van der Waals surface area contributed by atoms with E-state index in [1.54, 1.807) is 12.1 Å². The third-order valence-electron chi connectivity index (χ3n) is 8.77. The maximum Gasteiger partial charge on any atom is 0.281 e. The lowest BCUT2D eigenvalue weighted by molar-refractivity contribution is 0.261. The number of hydrogen-bond acceptors (Lipinski definition) is 8. The molecule has 1 aliphatic carbocycles. The number of nitrogens with one attached hydrogen (secondary N) is 1. The lowest BCUT2D eigenvalue weighted by Gasteiger charge is -2.33. The van der Waals surface area contributed by atoms with Gasteiger partial charge in [-0.2, -0.15) is 8.61 Å². The number of aromatic amines is 1. The average Bonchev–Trinajstić information content (AvgIpc) is 3.46.